The van der Waals surface area contributed by atoms with Gasteiger partial charge in [-0.1, -0.05) is 12.1 Å². The number of amides is 2. The second-order valence-corrected chi connectivity index (χ2v) is 9.07. The number of carboxylic acid groups (broad SMARTS) is 1. The molecule has 0 aliphatic carbocycles. The lowest BCUT2D eigenvalue weighted by molar-refractivity contribution is -0.257. The number of nitrogens with zero attached hydrogens (tertiary/aromatic N) is 3. The van der Waals surface area contributed by atoms with Crippen LogP contribution in [0.2, 0.25) is 0 Å². The lowest BCUT2D eigenvalue weighted by atomic mass is 10.2. The average molecular weight is 496 g/mol. The third-order valence-electron chi connectivity index (χ3n) is 5.37. The molecule has 1 atom stereocenters. The lowest BCUT2D eigenvalue weighted by Crippen LogP contribution is -2.59. The maximum absolute atomic E-state index is 12.6. The fourth-order valence-electron chi connectivity index (χ4n) is 3.57. The molecule has 0 fully saturated rings. The predicted molar refractivity (Wildman–Crippen MR) is 132 cm³/mol. The number of hydrogen-bond acceptors (Lipinski definition) is 8. The molecule has 1 aliphatic rings. The summed E-state index contributed by atoms with van der Waals surface area (Å²) in [5.74, 6) is 0.235. The van der Waals surface area contributed by atoms with Crippen LogP contribution in [-0.4, -0.2) is 55.2 Å². The summed E-state index contributed by atoms with van der Waals surface area (Å²) in [6, 6.07) is 12.7. The van der Waals surface area contributed by atoms with E-state index in [1.165, 1.54) is 48.7 Å². The molecule has 0 N–H and O–H groups in total. The van der Waals surface area contributed by atoms with E-state index in [0.29, 0.717) is 11.4 Å². The largest absolute Gasteiger partial charge is 0.497 e. The van der Waals surface area contributed by atoms with Crippen LogP contribution in [0.4, 0.5) is 15.3 Å². The number of quaternary nitrogens is 1. The summed E-state index contributed by atoms with van der Waals surface area (Å²) in [5.41, 5.74) is -0.0767. The van der Waals surface area contributed by atoms with Crippen molar-refractivity contribution in [2.75, 3.05) is 20.7 Å². The molecule has 3 rings (SSSR count). The van der Waals surface area contributed by atoms with E-state index in [2.05, 4.69) is 4.99 Å². The summed E-state index contributed by atoms with van der Waals surface area (Å²) in [6.07, 6.45) is 0.978. The van der Waals surface area contributed by atoms with Gasteiger partial charge in [-0.15, -0.1) is 0 Å². The van der Waals surface area contributed by atoms with Crippen molar-refractivity contribution in [2.24, 2.45) is 4.99 Å². The summed E-state index contributed by atoms with van der Waals surface area (Å²) in [6.45, 7) is 5.47. The van der Waals surface area contributed by atoms with Gasteiger partial charge in [-0.2, -0.15) is 4.48 Å². The van der Waals surface area contributed by atoms with Crippen LogP contribution in [-0.2, 0) is 4.74 Å². The maximum atomic E-state index is 12.6. The zero-order chi connectivity index (χ0) is 26.5. The highest BCUT2D eigenvalue weighted by atomic mass is 16.6. The summed E-state index contributed by atoms with van der Waals surface area (Å²) in [7, 11) is 3.02. The van der Waals surface area contributed by atoms with Gasteiger partial charge in [-0.3, -0.25) is 0 Å². The first-order valence-electron chi connectivity index (χ1n) is 11.2. The van der Waals surface area contributed by atoms with Crippen molar-refractivity contribution in [3.8, 4) is 11.5 Å². The normalized spacial score (nSPS) is 16.8. The molecule has 2 aromatic carbocycles. The third-order valence-corrected chi connectivity index (χ3v) is 5.37. The highest BCUT2D eigenvalue weighted by Crippen LogP contribution is 2.32. The van der Waals surface area contributed by atoms with E-state index >= 15 is 0 Å². The highest BCUT2D eigenvalue weighted by molar-refractivity contribution is 6.10. The van der Waals surface area contributed by atoms with Gasteiger partial charge in [0.05, 0.1) is 19.7 Å². The molecule has 10 nitrogen and oxygen atoms in total. The molecule has 0 radical (unpaired) electrons. The predicted octanol–water partition coefficient (Wildman–Crippen LogP) is 3.71. The number of esters is 1. The van der Waals surface area contributed by atoms with E-state index in [1.54, 1.807) is 52.1 Å². The van der Waals surface area contributed by atoms with E-state index < -0.39 is 28.2 Å². The Morgan fingerprint density at radius 3 is 2.33 bits per heavy atom. The zero-order valence-corrected chi connectivity index (χ0v) is 20.9. The Bertz CT molecular complexity index is 1200. The number of hydrogen-bond donors (Lipinski definition) is 0. The number of aliphatic imine (C=N–C) groups is 1. The number of rotatable bonds is 7. The monoisotopic (exact) mass is 495 g/mol. The standard InChI is InChI=1S/C26H29N3O7/c1-26(2,3)36-24(31)28(4)16-14-22-27-15-17-29(22,25(32)33)18-10-12-19(13-11-18)35-23(30)20-8-6-7-9-21(20)34-5/h6-13,15,17H,14,16H2,1-5H3. The van der Waals surface area contributed by atoms with Gasteiger partial charge in [0.15, 0.2) is 0 Å². The van der Waals surface area contributed by atoms with Crippen LogP contribution < -0.4 is 19.1 Å². The van der Waals surface area contributed by atoms with Crippen molar-refractivity contribution >= 4 is 29.7 Å². The van der Waals surface area contributed by atoms with Crippen LogP contribution in [0.25, 0.3) is 0 Å². The fourth-order valence-corrected chi connectivity index (χ4v) is 3.57. The number of para-hydroxylation sites is 1. The Kier molecular flexibility index (Phi) is 7.79. The Morgan fingerprint density at radius 2 is 1.72 bits per heavy atom. The molecule has 0 saturated heterocycles. The van der Waals surface area contributed by atoms with Gasteiger partial charge in [0.2, 0.25) is 5.84 Å². The van der Waals surface area contributed by atoms with E-state index in [4.69, 9.17) is 14.2 Å². The lowest BCUT2D eigenvalue weighted by Gasteiger charge is -2.32. The number of ether oxygens (including phenoxy) is 3. The molecule has 36 heavy (non-hydrogen) atoms. The van der Waals surface area contributed by atoms with Crippen molar-refractivity contribution in [3.63, 3.8) is 0 Å². The average Bonchev–Trinajstić information content (AvgIpc) is 3.27. The van der Waals surface area contributed by atoms with E-state index in [9.17, 15) is 19.5 Å². The zero-order valence-electron chi connectivity index (χ0n) is 20.9. The maximum Gasteiger partial charge on any atom is 0.410 e. The number of methoxy groups -OCH3 is 1. The van der Waals surface area contributed by atoms with Crippen molar-refractivity contribution in [1.82, 2.24) is 9.38 Å². The molecular formula is C26H29N3O7. The van der Waals surface area contributed by atoms with Gasteiger partial charge in [-0.05, 0) is 45.0 Å². The minimum atomic E-state index is -1.42. The second-order valence-electron chi connectivity index (χ2n) is 9.07. The van der Waals surface area contributed by atoms with Crippen molar-refractivity contribution in [2.45, 2.75) is 32.8 Å². The van der Waals surface area contributed by atoms with Gasteiger partial charge >= 0.3 is 12.1 Å². The van der Waals surface area contributed by atoms with Crippen LogP contribution in [0.15, 0.2) is 65.9 Å². The molecule has 10 heteroatoms. The van der Waals surface area contributed by atoms with Crippen molar-refractivity contribution in [3.05, 3.63) is 66.5 Å². The van der Waals surface area contributed by atoms with E-state index in [0.717, 1.165) is 0 Å². The summed E-state index contributed by atoms with van der Waals surface area (Å²) < 4.78 is 15.2. The first-order chi connectivity index (χ1) is 17.0. The summed E-state index contributed by atoms with van der Waals surface area (Å²) in [4.78, 5) is 42.8. The van der Waals surface area contributed by atoms with Gasteiger partial charge in [-0.25, -0.2) is 14.6 Å². The molecule has 2 amide bonds. The van der Waals surface area contributed by atoms with Crippen molar-refractivity contribution < 1.29 is 33.7 Å². The fraction of sp³-hybridized carbons (Fsp3) is 0.308. The molecule has 0 aromatic heterocycles. The third kappa shape index (κ3) is 5.72. The summed E-state index contributed by atoms with van der Waals surface area (Å²) >= 11 is 0. The number of carbonyl (C=O) groups excluding carboxylic acids is 3. The quantitative estimate of drug-likeness (QED) is 0.326. The van der Waals surface area contributed by atoms with E-state index in [1.807, 2.05) is 0 Å². The van der Waals surface area contributed by atoms with Crippen LogP contribution >= 0.6 is 0 Å². The van der Waals surface area contributed by atoms with Crippen LogP contribution in [0.5, 0.6) is 11.5 Å². The van der Waals surface area contributed by atoms with Crippen molar-refractivity contribution in [1.29, 1.82) is 0 Å². The number of carbonyl (C=O) groups is 3. The molecule has 1 unspecified atom stereocenters. The van der Waals surface area contributed by atoms with Crippen LogP contribution in [0.3, 0.4) is 0 Å². The SMILES string of the molecule is COc1ccccc1C(=O)Oc1ccc([N+]2(C(=O)[O-])C=CN=C2CCN(C)C(=O)OC(C)(C)C)cc1. The Hall–Kier alpha value is -4.18. The van der Waals surface area contributed by atoms with E-state index in [-0.39, 0.29) is 30.1 Å². The van der Waals surface area contributed by atoms with Crippen LogP contribution in [0.1, 0.15) is 37.6 Å². The molecule has 1 aliphatic heterocycles. The molecule has 0 bridgehead atoms. The Balaban J connectivity index is 1.76. The van der Waals surface area contributed by atoms with Crippen LogP contribution in [0, 0.1) is 0 Å². The second kappa shape index (κ2) is 10.6. The minimum Gasteiger partial charge on any atom is -0.497 e. The first-order valence-corrected chi connectivity index (χ1v) is 11.2. The smallest absolute Gasteiger partial charge is 0.410 e. The number of benzene rings is 2. The van der Waals surface area contributed by atoms with Gasteiger partial charge in [0.25, 0.3) is 6.09 Å². The topological polar surface area (TPSA) is 118 Å². The summed E-state index contributed by atoms with van der Waals surface area (Å²) in [5, 5.41) is 12.3. The number of amidine groups is 1. The molecule has 0 saturated carbocycles. The Morgan fingerprint density at radius 1 is 1.06 bits per heavy atom. The molecule has 1 heterocycles. The van der Waals surface area contributed by atoms with Gasteiger partial charge in [0, 0.05) is 25.7 Å². The Labute approximate surface area is 209 Å². The highest BCUT2D eigenvalue weighted by Gasteiger charge is 2.41. The molecule has 0 spiro atoms. The van der Waals surface area contributed by atoms with Gasteiger partial charge in [0.1, 0.15) is 34.6 Å². The minimum absolute atomic E-state index is 0.154. The first kappa shape index (κ1) is 26.4. The van der Waals surface area contributed by atoms with Gasteiger partial charge < -0.3 is 29.0 Å². The molecule has 190 valence electrons. The molecule has 2 aromatic rings. The molecular weight excluding hydrogens is 466 g/mol.